The van der Waals surface area contributed by atoms with Gasteiger partial charge in [0.2, 0.25) is 0 Å². The number of oxime groups is 1. The highest BCUT2D eigenvalue weighted by atomic mass is 16.5. The molecule has 17 heavy (non-hydrogen) atoms. The standard InChI is InChI=1S/C10H13N3O4/c1-6-5-13(10(15)12-9(6)14)8-3-2-7(17-8)4-11-16/h4-5,7-8,16H,2-3H2,1H3,(H,12,14,15)/b11-4+. The SMILES string of the molecule is Cc1cn(C2CCC(/C=N/O)O2)c(=O)[nH]c1=O. The molecule has 0 amide bonds. The lowest BCUT2D eigenvalue weighted by Crippen LogP contribution is -2.33. The molecule has 7 nitrogen and oxygen atoms in total. The zero-order valence-corrected chi connectivity index (χ0v) is 9.29. The number of hydrogen-bond acceptors (Lipinski definition) is 5. The first kappa shape index (κ1) is 11.6. The van der Waals surface area contributed by atoms with Gasteiger partial charge in [0.1, 0.15) is 6.23 Å². The summed E-state index contributed by atoms with van der Waals surface area (Å²) >= 11 is 0. The lowest BCUT2D eigenvalue weighted by Gasteiger charge is -2.14. The number of aromatic nitrogens is 2. The number of rotatable bonds is 2. The molecule has 2 heterocycles. The molecule has 0 aliphatic carbocycles. The Bertz CT molecular complexity index is 545. The quantitative estimate of drug-likeness (QED) is 0.430. The van der Waals surface area contributed by atoms with E-state index in [0.29, 0.717) is 18.4 Å². The van der Waals surface area contributed by atoms with Crippen molar-refractivity contribution in [2.45, 2.75) is 32.1 Å². The Hall–Kier alpha value is -1.89. The van der Waals surface area contributed by atoms with Crippen molar-refractivity contribution in [1.82, 2.24) is 9.55 Å². The van der Waals surface area contributed by atoms with E-state index in [-0.39, 0.29) is 6.10 Å². The molecule has 1 fully saturated rings. The highest BCUT2D eigenvalue weighted by molar-refractivity contribution is 5.62. The zero-order valence-electron chi connectivity index (χ0n) is 9.29. The lowest BCUT2D eigenvalue weighted by atomic mass is 10.2. The molecule has 1 aromatic heterocycles. The van der Waals surface area contributed by atoms with Crippen molar-refractivity contribution >= 4 is 6.21 Å². The number of nitrogens with zero attached hydrogens (tertiary/aromatic N) is 2. The number of nitrogens with one attached hydrogen (secondary N) is 1. The number of H-pyrrole nitrogens is 1. The summed E-state index contributed by atoms with van der Waals surface area (Å²) in [4.78, 5) is 25.0. The molecule has 1 aromatic rings. The first-order chi connectivity index (χ1) is 8.11. The number of aryl methyl sites for hydroxylation is 1. The molecule has 7 heteroatoms. The van der Waals surface area contributed by atoms with Crippen LogP contribution in [0.15, 0.2) is 20.9 Å². The molecule has 0 saturated carbocycles. The fourth-order valence-corrected chi connectivity index (χ4v) is 1.83. The van der Waals surface area contributed by atoms with Crippen LogP contribution in [0.2, 0.25) is 0 Å². The predicted octanol–water partition coefficient (Wildman–Crippen LogP) is -0.0174. The molecule has 1 aliphatic rings. The van der Waals surface area contributed by atoms with Crippen LogP contribution in [0, 0.1) is 6.92 Å². The molecule has 1 saturated heterocycles. The van der Waals surface area contributed by atoms with Gasteiger partial charge >= 0.3 is 5.69 Å². The van der Waals surface area contributed by atoms with E-state index in [1.165, 1.54) is 17.0 Å². The molecule has 0 spiro atoms. The average molecular weight is 239 g/mol. The van der Waals surface area contributed by atoms with E-state index in [9.17, 15) is 9.59 Å². The van der Waals surface area contributed by atoms with Gasteiger partial charge in [-0.05, 0) is 19.8 Å². The van der Waals surface area contributed by atoms with Crippen LogP contribution in [-0.4, -0.2) is 27.1 Å². The molecule has 0 radical (unpaired) electrons. The molecule has 1 aliphatic heterocycles. The molecule has 2 N–H and O–H groups in total. The second-order valence-electron chi connectivity index (χ2n) is 3.95. The summed E-state index contributed by atoms with van der Waals surface area (Å²) in [7, 11) is 0. The minimum absolute atomic E-state index is 0.302. The van der Waals surface area contributed by atoms with Gasteiger partial charge in [-0.1, -0.05) is 5.16 Å². The third kappa shape index (κ3) is 2.28. The van der Waals surface area contributed by atoms with Crippen LogP contribution in [-0.2, 0) is 4.74 Å². The van der Waals surface area contributed by atoms with Crippen LogP contribution in [0.25, 0.3) is 0 Å². The van der Waals surface area contributed by atoms with E-state index < -0.39 is 17.5 Å². The smallest absolute Gasteiger partial charge is 0.330 e. The molecular weight excluding hydrogens is 226 g/mol. The Kier molecular flexibility index (Phi) is 3.10. The zero-order chi connectivity index (χ0) is 12.4. The number of aromatic amines is 1. The summed E-state index contributed by atoms with van der Waals surface area (Å²) in [5.74, 6) is 0. The van der Waals surface area contributed by atoms with Gasteiger partial charge in [-0.15, -0.1) is 0 Å². The lowest BCUT2D eigenvalue weighted by molar-refractivity contribution is 0.0291. The molecule has 0 aromatic carbocycles. The van der Waals surface area contributed by atoms with Crippen molar-refractivity contribution in [2.75, 3.05) is 0 Å². The number of hydrogen-bond donors (Lipinski definition) is 2. The molecule has 0 bridgehead atoms. The maximum atomic E-state index is 11.6. The van der Waals surface area contributed by atoms with Crippen LogP contribution in [0.4, 0.5) is 0 Å². The summed E-state index contributed by atoms with van der Waals surface area (Å²) in [6, 6.07) is 0. The maximum absolute atomic E-state index is 11.6. The largest absolute Gasteiger partial charge is 0.411 e. The first-order valence-electron chi connectivity index (χ1n) is 5.27. The average Bonchev–Trinajstić information content (AvgIpc) is 2.72. The fraction of sp³-hybridized carbons (Fsp3) is 0.500. The van der Waals surface area contributed by atoms with Gasteiger partial charge in [0, 0.05) is 11.8 Å². The summed E-state index contributed by atoms with van der Waals surface area (Å²) in [5, 5.41) is 11.3. The molecule has 2 unspecified atom stereocenters. The van der Waals surface area contributed by atoms with Crippen LogP contribution >= 0.6 is 0 Å². The van der Waals surface area contributed by atoms with Crippen LogP contribution in [0.5, 0.6) is 0 Å². The van der Waals surface area contributed by atoms with Gasteiger partial charge in [0.25, 0.3) is 5.56 Å². The van der Waals surface area contributed by atoms with Gasteiger partial charge in [-0.25, -0.2) is 4.79 Å². The Morgan fingerprint density at radius 3 is 3.06 bits per heavy atom. The Morgan fingerprint density at radius 1 is 1.59 bits per heavy atom. The van der Waals surface area contributed by atoms with E-state index in [2.05, 4.69) is 10.1 Å². The Labute approximate surface area is 96.3 Å². The molecular formula is C10H13N3O4. The fourth-order valence-electron chi connectivity index (χ4n) is 1.83. The van der Waals surface area contributed by atoms with Crippen LogP contribution in [0.1, 0.15) is 24.6 Å². The van der Waals surface area contributed by atoms with Gasteiger partial charge < -0.3 is 9.94 Å². The van der Waals surface area contributed by atoms with Gasteiger partial charge in [0.15, 0.2) is 0 Å². The summed E-state index contributed by atoms with van der Waals surface area (Å²) in [5.41, 5.74) is -0.433. The van der Waals surface area contributed by atoms with Gasteiger partial charge in [0.05, 0.1) is 12.3 Å². The maximum Gasteiger partial charge on any atom is 0.330 e. The molecule has 2 atom stereocenters. The van der Waals surface area contributed by atoms with Crippen molar-refractivity contribution < 1.29 is 9.94 Å². The highest BCUT2D eigenvalue weighted by Gasteiger charge is 2.26. The normalized spacial score (nSPS) is 24.5. The summed E-state index contributed by atoms with van der Waals surface area (Å²) in [6.07, 6.45) is 3.32. The first-order valence-corrected chi connectivity index (χ1v) is 5.27. The highest BCUT2D eigenvalue weighted by Crippen LogP contribution is 2.25. The van der Waals surface area contributed by atoms with E-state index >= 15 is 0 Å². The van der Waals surface area contributed by atoms with Crippen LogP contribution in [0.3, 0.4) is 0 Å². The van der Waals surface area contributed by atoms with Gasteiger partial charge in [-0.2, -0.15) is 0 Å². The Morgan fingerprint density at radius 2 is 2.35 bits per heavy atom. The Balaban J connectivity index is 2.28. The monoisotopic (exact) mass is 239 g/mol. The van der Waals surface area contributed by atoms with Crippen molar-refractivity contribution in [2.24, 2.45) is 5.16 Å². The topological polar surface area (TPSA) is 96.7 Å². The number of ether oxygens (including phenoxy) is 1. The van der Waals surface area contributed by atoms with Crippen LogP contribution < -0.4 is 11.2 Å². The third-order valence-electron chi connectivity index (χ3n) is 2.72. The minimum Gasteiger partial charge on any atom is -0.411 e. The molecule has 92 valence electrons. The summed E-state index contributed by atoms with van der Waals surface area (Å²) in [6.45, 7) is 1.62. The van der Waals surface area contributed by atoms with Crippen molar-refractivity contribution in [1.29, 1.82) is 0 Å². The van der Waals surface area contributed by atoms with Gasteiger partial charge in [-0.3, -0.25) is 14.3 Å². The van der Waals surface area contributed by atoms with E-state index in [1.54, 1.807) is 6.92 Å². The summed E-state index contributed by atoms with van der Waals surface area (Å²) < 4.78 is 6.84. The van der Waals surface area contributed by atoms with Crippen molar-refractivity contribution in [3.8, 4) is 0 Å². The van der Waals surface area contributed by atoms with E-state index in [1.807, 2.05) is 0 Å². The second-order valence-corrected chi connectivity index (χ2v) is 3.95. The van der Waals surface area contributed by atoms with E-state index in [4.69, 9.17) is 9.94 Å². The molecule has 2 rings (SSSR count). The van der Waals surface area contributed by atoms with Crippen molar-refractivity contribution in [3.05, 3.63) is 32.6 Å². The van der Waals surface area contributed by atoms with Crippen molar-refractivity contribution in [3.63, 3.8) is 0 Å². The minimum atomic E-state index is -0.493. The third-order valence-corrected chi connectivity index (χ3v) is 2.72. The van der Waals surface area contributed by atoms with E-state index in [0.717, 1.165) is 0 Å². The second kappa shape index (κ2) is 4.54. The predicted molar refractivity (Wildman–Crippen MR) is 59.5 cm³/mol.